The topological polar surface area (TPSA) is 84.7 Å². The number of amides is 1. The van der Waals surface area contributed by atoms with E-state index in [9.17, 15) is 23.2 Å². The van der Waals surface area contributed by atoms with Gasteiger partial charge in [0.1, 0.15) is 17.4 Å². The van der Waals surface area contributed by atoms with Gasteiger partial charge in [0, 0.05) is 24.5 Å². The first-order valence-corrected chi connectivity index (χ1v) is 11.5. The van der Waals surface area contributed by atoms with E-state index < -0.39 is 18.4 Å². The molecule has 0 aromatic carbocycles. The molecule has 0 radical (unpaired) electrons. The number of halogens is 3. The summed E-state index contributed by atoms with van der Waals surface area (Å²) >= 11 is 0. The van der Waals surface area contributed by atoms with E-state index in [-0.39, 0.29) is 30.4 Å². The van der Waals surface area contributed by atoms with E-state index in [0.717, 1.165) is 45.4 Å². The van der Waals surface area contributed by atoms with Gasteiger partial charge in [-0.05, 0) is 64.4 Å². The minimum atomic E-state index is -4.56. The summed E-state index contributed by atoms with van der Waals surface area (Å²) in [6, 6.07) is 3.50. The molecule has 0 spiro atoms. The molecule has 1 saturated carbocycles. The molecule has 0 N–H and O–H groups in total. The Bertz CT molecular complexity index is 868. The number of carbonyl (C=O) groups is 1. The molecular weight excluding hydrogens is 439 g/mol. The third-order valence-electron chi connectivity index (χ3n) is 6.84. The van der Waals surface area contributed by atoms with Crippen molar-refractivity contribution in [2.24, 2.45) is 0 Å². The zero-order valence-electron chi connectivity index (χ0n) is 18.5. The fraction of sp³-hybridized carbons (Fsp3) is 0.696. The molecule has 2 saturated heterocycles. The summed E-state index contributed by atoms with van der Waals surface area (Å²) in [5, 5.41) is 9.18. The van der Waals surface area contributed by atoms with Gasteiger partial charge in [-0.1, -0.05) is 0 Å². The van der Waals surface area contributed by atoms with Crippen molar-refractivity contribution < 1.29 is 32.2 Å². The van der Waals surface area contributed by atoms with Crippen LogP contribution in [-0.4, -0.2) is 58.7 Å². The minimum absolute atomic E-state index is 0.0144. The molecule has 2 aliphatic heterocycles. The first-order valence-electron chi connectivity index (χ1n) is 11.5. The summed E-state index contributed by atoms with van der Waals surface area (Å²) in [4.78, 5) is 17.8. The van der Waals surface area contributed by atoms with Crippen molar-refractivity contribution >= 4 is 6.09 Å². The first-order chi connectivity index (χ1) is 15.7. The molecule has 4 rings (SSSR count). The Morgan fingerprint density at radius 1 is 1.12 bits per heavy atom. The molecular formula is C23H28F3N3O4. The molecule has 3 fully saturated rings. The van der Waals surface area contributed by atoms with E-state index in [2.05, 4.69) is 15.8 Å². The average molecular weight is 467 g/mol. The van der Waals surface area contributed by atoms with Gasteiger partial charge >= 0.3 is 12.3 Å². The second kappa shape index (κ2) is 9.75. The summed E-state index contributed by atoms with van der Waals surface area (Å²) in [6.07, 6.45) is 1.66. The minimum Gasteiger partial charge on any atom is -0.489 e. The van der Waals surface area contributed by atoms with Gasteiger partial charge < -0.3 is 19.1 Å². The Hall–Kier alpha value is -2.54. The largest absolute Gasteiger partial charge is 0.489 e. The van der Waals surface area contributed by atoms with Crippen molar-refractivity contribution in [3.8, 4) is 11.8 Å². The van der Waals surface area contributed by atoms with E-state index >= 15 is 0 Å². The number of alkyl halides is 3. The van der Waals surface area contributed by atoms with Crippen LogP contribution in [0.4, 0.5) is 18.0 Å². The Labute approximate surface area is 190 Å². The number of nitriles is 1. The molecule has 33 heavy (non-hydrogen) atoms. The molecule has 1 amide bonds. The van der Waals surface area contributed by atoms with Gasteiger partial charge in [-0.25, -0.2) is 4.79 Å². The molecule has 180 valence electrons. The smallest absolute Gasteiger partial charge is 0.425 e. The fourth-order valence-electron chi connectivity index (χ4n) is 5.12. The Morgan fingerprint density at radius 3 is 2.36 bits per heavy atom. The van der Waals surface area contributed by atoms with Crippen LogP contribution in [0.1, 0.15) is 63.9 Å². The van der Waals surface area contributed by atoms with Crippen molar-refractivity contribution in [2.75, 3.05) is 0 Å². The van der Waals surface area contributed by atoms with Crippen molar-refractivity contribution in [3.05, 3.63) is 24.0 Å². The summed E-state index contributed by atoms with van der Waals surface area (Å²) in [5.74, 6) is 0.549. The predicted molar refractivity (Wildman–Crippen MR) is 110 cm³/mol. The number of piperidine rings is 1. The zero-order chi connectivity index (χ0) is 23.6. The Kier molecular flexibility index (Phi) is 6.98. The van der Waals surface area contributed by atoms with Crippen molar-refractivity contribution in [2.45, 2.75) is 101 Å². The van der Waals surface area contributed by atoms with Crippen LogP contribution in [0.25, 0.3) is 0 Å². The van der Waals surface area contributed by atoms with E-state index in [0.29, 0.717) is 24.2 Å². The summed E-state index contributed by atoms with van der Waals surface area (Å²) in [5.41, 5.74) is 0.418. The SMILES string of the molecule is C[C@H](OC(=O)N1[C@@H]2CC[C@@H]1CC(OC1CCC(Oc3ccncc3C#N)CC1)C2)C(F)(F)F. The van der Waals surface area contributed by atoms with Crippen LogP contribution in [0.3, 0.4) is 0 Å². The number of aromatic nitrogens is 1. The van der Waals surface area contributed by atoms with Crippen LogP contribution in [-0.2, 0) is 9.47 Å². The highest BCUT2D eigenvalue weighted by molar-refractivity contribution is 5.69. The maximum atomic E-state index is 12.8. The molecule has 3 aliphatic rings. The lowest BCUT2D eigenvalue weighted by Gasteiger charge is -2.40. The predicted octanol–water partition coefficient (Wildman–Crippen LogP) is 4.74. The van der Waals surface area contributed by atoms with E-state index in [1.165, 1.54) is 11.1 Å². The number of carbonyl (C=O) groups excluding carboxylic acids is 1. The highest BCUT2D eigenvalue weighted by atomic mass is 19.4. The molecule has 1 aromatic rings. The molecule has 7 nitrogen and oxygen atoms in total. The van der Waals surface area contributed by atoms with Gasteiger partial charge in [0.25, 0.3) is 0 Å². The molecule has 1 aliphatic carbocycles. The van der Waals surface area contributed by atoms with Crippen LogP contribution in [0.15, 0.2) is 18.5 Å². The van der Waals surface area contributed by atoms with Crippen LogP contribution < -0.4 is 4.74 Å². The maximum absolute atomic E-state index is 12.8. The molecule has 3 atom stereocenters. The van der Waals surface area contributed by atoms with Gasteiger partial charge in [0.05, 0.1) is 18.3 Å². The first kappa shape index (κ1) is 23.6. The third-order valence-corrected chi connectivity index (χ3v) is 6.84. The number of rotatable bonds is 5. The van der Waals surface area contributed by atoms with Gasteiger partial charge in [-0.15, -0.1) is 0 Å². The number of nitrogens with zero attached hydrogens (tertiary/aromatic N) is 3. The van der Waals surface area contributed by atoms with Gasteiger partial charge in [0.2, 0.25) is 0 Å². The summed E-state index contributed by atoms with van der Waals surface area (Å²) in [6.45, 7) is 0.853. The van der Waals surface area contributed by atoms with Crippen LogP contribution in [0.5, 0.6) is 5.75 Å². The highest BCUT2D eigenvalue weighted by Crippen LogP contribution is 2.39. The second-order valence-corrected chi connectivity index (χ2v) is 9.09. The van der Waals surface area contributed by atoms with Crippen LogP contribution in [0.2, 0.25) is 0 Å². The van der Waals surface area contributed by atoms with Gasteiger partial charge in [-0.2, -0.15) is 18.4 Å². The van der Waals surface area contributed by atoms with Crippen molar-refractivity contribution in [1.29, 1.82) is 5.26 Å². The Morgan fingerprint density at radius 2 is 1.76 bits per heavy atom. The molecule has 0 unspecified atom stereocenters. The van der Waals surface area contributed by atoms with E-state index in [1.54, 1.807) is 12.3 Å². The van der Waals surface area contributed by atoms with E-state index in [1.807, 2.05) is 0 Å². The summed E-state index contributed by atoms with van der Waals surface area (Å²) in [7, 11) is 0. The second-order valence-electron chi connectivity index (χ2n) is 9.09. The normalized spacial score (nSPS) is 30.4. The standard InChI is InChI=1S/C23H28F3N3O4/c1-14(23(24,25)26)31-22(30)29-16-2-3-17(29)11-20(10-16)32-18-4-6-19(7-5-18)33-21-8-9-28-13-15(21)12-27/h8-9,13-14,16-20H,2-7,10-11H2,1H3/t14-,16+,17+,18?,19?/m0/s1. The number of fused-ring (bicyclic) bond motifs is 2. The lowest BCUT2D eigenvalue weighted by atomic mass is 9.93. The quantitative estimate of drug-likeness (QED) is 0.622. The summed E-state index contributed by atoms with van der Waals surface area (Å²) < 4.78 is 55.3. The fourth-order valence-corrected chi connectivity index (χ4v) is 5.12. The number of ether oxygens (including phenoxy) is 3. The lowest BCUT2D eigenvalue weighted by Crippen LogP contribution is -2.50. The average Bonchev–Trinajstić information content (AvgIpc) is 3.05. The van der Waals surface area contributed by atoms with Crippen LogP contribution in [0, 0.1) is 11.3 Å². The van der Waals surface area contributed by atoms with Crippen molar-refractivity contribution in [3.63, 3.8) is 0 Å². The van der Waals surface area contributed by atoms with Gasteiger partial charge in [-0.3, -0.25) is 4.98 Å². The zero-order valence-corrected chi connectivity index (χ0v) is 18.5. The van der Waals surface area contributed by atoms with Crippen LogP contribution >= 0.6 is 0 Å². The monoisotopic (exact) mass is 467 g/mol. The number of hydrogen-bond donors (Lipinski definition) is 0. The highest BCUT2D eigenvalue weighted by Gasteiger charge is 2.47. The molecule has 10 heteroatoms. The van der Waals surface area contributed by atoms with Crippen molar-refractivity contribution in [1.82, 2.24) is 9.88 Å². The number of hydrogen-bond acceptors (Lipinski definition) is 6. The third kappa shape index (κ3) is 5.52. The van der Waals surface area contributed by atoms with E-state index in [4.69, 9.17) is 9.47 Å². The molecule has 3 heterocycles. The number of pyridine rings is 1. The molecule has 1 aromatic heterocycles. The molecule has 2 bridgehead atoms. The maximum Gasteiger partial charge on any atom is 0.425 e. The lowest BCUT2D eigenvalue weighted by molar-refractivity contribution is -0.201. The Balaban J connectivity index is 1.24. The van der Waals surface area contributed by atoms with Gasteiger partial charge in [0.15, 0.2) is 6.10 Å².